The Morgan fingerprint density at radius 3 is 2.68 bits per heavy atom. The highest BCUT2D eigenvalue weighted by atomic mass is 19.1. The number of amides is 1. The van der Waals surface area contributed by atoms with Gasteiger partial charge in [0.05, 0.1) is 11.7 Å². The SMILES string of the molecule is COCCCCC(O)(c1cccc(F)c1-c1cc(C)ccc1F)C1CCCN(C(=O)C2CC(N)C(O)C2)C1. The molecule has 1 heterocycles. The number of benzene rings is 2. The molecule has 2 aromatic carbocycles. The molecule has 0 spiro atoms. The third-order valence-electron chi connectivity index (χ3n) is 8.36. The Morgan fingerprint density at radius 2 is 1.97 bits per heavy atom. The number of hydrogen-bond acceptors (Lipinski definition) is 5. The Morgan fingerprint density at radius 1 is 1.18 bits per heavy atom. The molecule has 4 N–H and O–H groups in total. The number of hydrogen-bond donors (Lipinski definition) is 3. The van der Waals surface area contributed by atoms with E-state index in [2.05, 4.69) is 0 Å². The van der Waals surface area contributed by atoms with Crippen LogP contribution in [0.3, 0.4) is 0 Å². The van der Waals surface area contributed by atoms with Crippen molar-refractivity contribution < 1.29 is 28.5 Å². The van der Waals surface area contributed by atoms with Crippen LogP contribution in [0.5, 0.6) is 0 Å². The van der Waals surface area contributed by atoms with Crippen LogP contribution in [0.15, 0.2) is 36.4 Å². The van der Waals surface area contributed by atoms with Crippen molar-refractivity contribution in [2.45, 2.75) is 69.6 Å². The zero-order chi connectivity index (χ0) is 27.4. The van der Waals surface area contributed by atoms with Gasteiger partial charge < -0.3 is 25.6 Å². The Labute approximate surface area is 223 Å². The summed E-state index contributed by atoms with van der Waals surface area (Å²) in [6.07, 6.45) is 3.04. The summed E-state index contributed by atoms with van der Waals surface area (Å²) in [5.74, 6) is -1.94. The minimum absolute atomic E-state index is 0.0624. The average Bonchev–Trinajstić information content (AvgIpc) is 3.25. The number of methoxy groups -OCH3 is 1. The molecular weight excluding hydrogens is 490 g/mol. The zero-order valence-electron chi connectivity index (χ0n) is 22.3. The molecule has 2 fully saturated rings. The smallest absolute Gasteiger partial charge is 0.225 e. The molecule has 1 saturated carbocycles. The van der Waals surface area contributed by atoms with Crippen molar-refractivity contribution >= 4 is 5.91 Å². The van der Waals surface area contributed by atoms with Crippen LogP contribution in [0.2, 0.25) is 0 Å². The lowest BCUT2D eigenvalue weighted by Gasteiger charge is -2.44. The number of rotatable bonds is 9. The van der Waals surface area contributed by atoms with Gasteiger partial charge in [-0.1, -0.05) is 23.8 Å². The highest BCUT2D eigenvalue weighted by molar-refractivity contribution is 5.79. The number of ether oxygens (including phenoxy) is 1. The fourth-order valence-electron chi connectivity index (χ4n) is 6.26. The van der Waals surface area contributed by atoms with Gasteiger partial charge in [0.15, 0.2) is 0 Å². The van der Waals surface area contributed by atoms with E-state index in [1.165, 1.54) is 12.1 Å². The molecule has 1 aliphatic heterocycles. The number of nitrogens with two attached hydrogens (primary N) is 1. The van der Waals surface area contributed by atoms with E-state index < -0.39 is 29.4 Å². The zero-order valence-corrected chi connectivity index (χ0v) is 22.3. The van der Waals surface area contributed by atoms with Crippen molar-refractivity contribution in [1.29, 1.82) is 0 Å². The van der Waals surface area contributed by atoms with E-state index >= 15 is 8.78 Å². The highest BCUT2D eigenvalue weighted by Crippen LogP contribution is 2.45. The topological polar surface area (TPSA) is 96.0 Å². The largest absolute Gasteiger partial charge is 0.391 e. The predicted molar refractivity (Wildman–Crippen MR) is 142 cm³/mol. The van der Waals surface area contributed by atoms with Gasteiger partial charge >= 0.3 is 0 Å². The monoisotopic (exact) mass is 530 g/mol. The first kappa shape index (κ1) is 28.6. The van der Waals surface area contributed by atoms with Crippen LogP contribution in [-0.2, 0) is 15.1 Å². The Bertz CT molecular complexity index is 1120. The summed E-state index contributed by atoms with van der Waals surface area (Å²) >= 11 is 0. The molecule has 1 aliphatic carbocycles. The van der Waals surface area contributed by atoms with E-state index in [0.29, 0.717) is 70.2 Å². The molecule has 208 valence electrons. The first-order valence-corrected chi connectivity index (χ1v) is 13.6. The second-order valence-electron chi connectivity index (χ2n) is 11.0. The normalized spacial score (nSPS) is 25.4. The minimum atomic E-state index is -1.49. The van der Waals surface area contributed by atoms with Gasteiger partial charge in [0, 0.05) is 55.8 Å². The molecule has 6 nitrogen and oxygen atoms in total. The van der Waals surface area contributed by atoms with Crippen molar-refractivity contribution in [2.75, 3.05) is 26.8 Å². The van der Waals surface area contributed by atoms with Crippen LogP contribution in [-0.4, -0.2) is 60.0 Å². The number of nitrogens with zero attached hydrogens (tertiary/aromatic N) is 1. The number of unbranched alkanes of at least 4 members (excludes halogenated alkanes) is 1. The average molecular weight is 531 g/mol. The van der Waals surface area contributed by atoms with Crippen LogP contribution in [0, 0.1) is 30.4 Å². The maximum Gasteiger partial charge on any atom is 0.225 e. The fourth-order valence-corrected chi connectivity index (χ4v) is 6.26. The van der Waals surface area contributed by atoms with Gasteiger partial charge in [0.25, 0.3) is 0 Å². The maximum atomic E-state index is 15.5. The van der Waals surface area contributed by atoms with Crippen LogP contribution in [0.25, 0.3) is 11.1 Å². The number of carbonyl (C=O) groups is 1. The van der Waals surface area contributed by atoms with E-state index in [1.807, 2.05) is 6.92 Å². The van der Waals surface area contributed by atoms with Crippen molar-refractivity contribution in [3.63, 3.8) is 0 Å². The minimum Gasteiger partial charge on any atom is -0.391 e. The first-order chi connectivity index (χ1) is 18.2. The number of piperidine rings is 1. The third kappa shape index (κ3) is 5.93. The second-order valence-corrected chi connectivity index (χ2v) is 11.0. The van der Waals surface area contributed by atoms with Crippen molar-refractivity contribution in [3.05, 3.63) is 59.2 Å². The molecule has 4 rings (SSSR count). The molecule has 0 bridgehead atoms. The van der Waals surface area contributed by atoms with Gasteiger partial charge in [-0.05, 0) is 75.6 Å². The molecule has 2 aromatic rings. The first-order valence-electron chi connectivity index (χ1n) is 13.6. The quantitative estimate of drug-likeness (QED) is 0.421. The number of aliphatic hydroxyl groups excluding tert-OH is 1. The number of halogens is 2. The molecule has 2 aliphatic rings. The standard InChI is InChI=1S/C30H40F2N2O4/c1-19-10-11-24(31)22(15-19)28-23(8-5-9-25(28)32)30(37,12-3-4-14-38-2)21-7-6-13-34(18-21)29(36)20-16-26(33)27(35)17-20/h5,8-11,15,20-21,26-27,35,37H,3-4,6-7,12-14,16-18,33H2,1-2H3. The summed E-state index contributed by atoms with van der Waals surface area (Å²) < 4.78 is 35.7. The summed E-state index contributed by atoms with van der Waals surface area (Å²) in [5, 5.41) is 22.5. The molecule has 0 aromatic heterocycles. The van der Waals surface area contributed by atoms with Crippen molar-refractivity contribution in [1.82, 2.24) is 4.90 Å². The summed E-state index contributed by atoms with van der Waals surface area (Å²) in [5.41, 5.74) is 5.78. The van der Waals surface area contributed by atoms with Gasteiger partial charge in [0.1, 0.15) is 11.6 Å². The predicted octanol–water partition coefficient (Wildman–Crippen LogP) is 4.28. The lowest BCUT2D eigenvalue weighted by Crippen LogP contribution is -2.49. The summed E-state index contributed by atoms with van der Waals surface area (Å²) in [4.78, 5) is 15.1. The summed E-state index contributed by atoms with van der Waals surface area (Å²) in [7, 11) is 1.62. The van der Waals surface area contributed by atoms with Gasteiger partial charge in [-0.2, -0.15) is 0 Å². The van der Waals surface area contributed by atoms with Crippen LogP contribution in [0.1, 0.15) is 56.1 Å². The number of likely N-dealkylation sites (tertiary alicyclic amines) is 1. The molecule has 38 heavy (non-hydrogen) atoms. The number of aryl methyl sites for hydroxylation is 1. The molecule has 1 amide bonds. The van der Waals surface area contributed by atoms with Crippen LogP contribution < -0.4 is 5.73 Å². The third-order valence-corrected chi connectivity index (χ3v) is 8.36. The lowest BCUT2D eigenvalue weighted by atomic mass is 9.71. The molecule has 5 unspecified atom stereocenters. The van der Waals surface area contributed by atoms with Crippen LogP contribution >= 0.6 is 0 Å². The number of carbonyl (C=O) groups excluding carboxylic acids is 1. The molecule has 0 radical (unpaired) electrons. The van der Waals surface area contributed by atoms with Crippen LogP contribution in [0.4, 0.5) is 8.78 Å². The molecule has 5 atom stereocenters. The molecule has 8 heteroatoms. The van der Waals surface area contributed by atoms with Gasteiger partial charge in [0.2, 0.25) is 5.91 Å². The van der Waals surface area contributed by atoms with Crippen molar-refractivity contribution in [2.24, 2.45) is 17.6 Å². The summed E-state index contributed by atoms with van der Waals surface area (Å²) in [6, 6.07) is 8.66. The number of aliphatic hydroxyl groups is 2. The van der Waals surface area contributed by atoms with E-state index in [9.17, 15) is 15.0 Å². The molecule has 1 saturated heterocycles. The highest BCUT2D eigenvalue weighted by Gasteiger charge is 2.45. The Balaban J connectivity index is 1.71. The Kier molecular flexibility index (Phi) is 9.19. The van der Waals surface area contributed by atoms with Gasteiger partial charge in [-0.25, -0.2) is 8.78 Å². The van der Waals surface area contributed by atoms with E-state index in [-0.39, 0.29) is 28.9 Å². The van der Waals surface area contributed by atoms with Gasteiger partial charge in [-0.3, -0.25) is 4.79 Å². The van der Waals surface area contributed by atoms with E-state index in [1.54, 1.807) is 36.3 Å². The van der Waals surface area contributed by atoms with E-state index in [0.717, 1.165) is 5.56 Å². The van der Waals surface area contributed by atoms with E-state index in [4.69, 9.17) is 10.5 Å². The lowest BCUT2D eigenvalue weighted by molar-refractivity contribution is -0.141. The van der Waals surface area contributed by atoms with Gasteiger partial charge in [-0.15, -0.1) is 0 Å². The second kappa shape index (κ2) is 12.2. The summed E-state index contributed by atoms with van der Waals surface area (Å²) in [6.45, 7) is 3.20. The molecular formula is C30H40F2N2O4. The Hall–Kier alpha value is -2.39. The maximum absolute atomic E-state index is 15.5. The van der Waals surface area contributed by atoms with Crippen molar-refractivity contribution in [3.8, 4) is 11.1 Å². The fraction of sp³-hybridized carbons (Fsp3) is 0.567.